The Morgan fingerprint density at radius 3 is 2.61 bits per heavy atom. The summed E-state index contributed by atoms with van der Waals surface area (Å²) in [7, 11) is 1.83. The molecule has 1 aromatic carbocycles. The van der Waals surface area contributed by atoms with Crippen LogP contribution >= 0.6 is 0 Å². The summed E-state index contributed by atoms with van der Waals surface area (Å²) in [6.45, 7) is 4.01. The van der Waals surface area contributed by atoms with Gasteiger partial charge in [-0.15, -0.1) is 0 Å². The molecule has 6 heteroatoms. The Morgan fingerprint density at radius 1 is 1.56 bits per heavy atom. The average molecular weight is 252 g/mol. The van der Waals surface area contributed by atoms with Crippen molar-refractivity contribution in [2.45, 2.75) is 26.3 Å². The molecule has 0 aromatic heterocycles. The summed E-state index contributed by atoms with van der Waals surface area (Å²) < 4.78 is 0. The van der Waals surface area contributed by atoms with Gasteiger partial charge in [-0.3, -0.25) is 10.1 Å². The van der Waals surface area contributed by atoms with Crippen molar-refractivity contribution < 1.29 is 14.8 Å². The van der Waals surface area contributed by atoms with Gasteiger partial charge in [-0.05, 0) is 25.5 Å². The minimum atomic E-state index is -1.29. The maximum absolute atomic E-state index is 10.9. The summed E-state index contributed by atoms with van der Waals surface area (Å²) in [4.78, 5) is 23.0. The molecule has 1 rings (SSSR count). The second-order valence-corrected chi connectivity index (χ2v) is 4.13. The third kappa shape index (κ3) is 2.77. The molecule has 0 aliphatic heterocycles. The van der Waals surface area contributed by atoms with Crippen LogP contribution in [0.2, 0.25) is 0 Å². The number of hydrogen-bond acceptors (Lipinski definition) is 4. The van der Waals surface area contributed by atoms with E-state index in [2.05, 4.69) is 0 Å². The number of benzene rings is 1. The van der Waals surface area contributed by atoms with Crippen LogP contribution in [0.25, 0.3) is 0 Å². The monoisotopic (exact) mass is 252 g/mol. The van der Waals surface area contributed by atoms with Crippen molar-refractivity contribution in [1.29, 1.82) is 0 Å². The molecule has 0 radical (unpaired) electrons. The van der Waals surface area contributed by atoms with Gasteiger partial charge in [-0.2, -0.15) is 0 Å². The molecule has 0 spiro atoms. The van der Waals surface area contributed by atoms with Crippen LogP contribution in [-0.2, 0) is 0 Å². The van der Waals surface area contributed by atoms with E-state index >= 15 is 0 Å². The van der Waals surface area contributed by atoms with Crippen LogP contribution < -0.4 is 4.90 Å². The molecular formula is C12H16N2O4. The van der Waals surface area contributed by atoms with Crippen LogP contribution in [0.5, 0.6) is 0 Å². The lowest BCUT2D eigenvalue weighted by Gasteiger charge is -2.25. The summed E-state index contributed by atoms with van der Waals surface area (Å²) in [6, 6.07) is 4.38. The number of carboxylic acids is 1. The Labute approximate surface area is 105 Å². The van der Waals surface area contributed by atoms with E-state index in [-0.39, 0.29) is 17.3 Å². The van der Waals surface area contributed by atoms with Gasteiger partial charge in [0.2, 0.25) is 0 Å². The van der Waals surface area contributed by atoms with Crippen molar-refractivity contribution >= 4 is 17.3 Å². The van der Waals surface area contributed by atoms with Gasteiger partial charge in [0.25, 0.3) is 5.69 Å². The molecule has 0 bridgehead atoms. The number of carboxylic acid groups (broad SMARTS) is 1. The summed E-state index contributed by atoms with van der Waals surface area (Å²) in [5.74, 6) is -1.29. The van der Waals surface area contributed by atoms with Crippen molar-refractivity contribution in [3.63, 3.8) is 0 Å². The smallest absolute Gasteiger partial charge is 0.342 e. The zero-order chi connectivity index (χ0) is 13.9. The highest BCUT2D eigenvalue weighted by Crippen LogP contribution is 2.26. The molecule has 0 heterocycles. The summed E-state index contributed by atoms with van der Waals surface area (Å²) in [5, 5.41) is 19.7. The standard InChI is InChI=1S/C12H16N2O4/c1-4-8(2)13(3)9-5-6-10(12(15)16)11(7-9)14(17)18/h5-8H,4H2,1-3H3,(H,15,16). The first kappa shape index (κ1) is 14.0. The third-order valence-electron chi connectivity index (χ3n) is 3.07. The molecule has 0 saturated carbocycles. The minimum absolute atomic E-state index is 0.222. The first-order valence-electron chi connectivity index (χ1n) is 5.63. The van der Waals surface area contributed by atoms with Crippen LogP contribution in [0.3, 0.4) is 0 Å². The Morgan fingerprint density at radius 2 is 2.17 bits per heavy atom. The predicted molar refractivity (Wildman–Crippen MR) is 68.2 cm³/mol. The fraction of sp³-hybridized carbons (Fsp3) is 0.417. The van der Waals surface area contributed by atoms with Crippen molar-refractivity contribution in [1.82, 2.24) is 0 Å². The number of carbonyl (C=O) groups is 1. The lowest BCUT2D eigenvalue weighted by Crippen LogP contribution is -2.28. The predicted octanol–water partition coefficient (Wildman–Crippen LogP) is 2.53. The van der Waals surface area contributed by atoms with E-state index in [1.807, 2.05) is 25.8 Å². The van der Waals surface area contributed by atoms with Crippen LogP contribution in [0.15, 0.2) is 18.2 Å². The minimum Gasteiger partial charge on any atom is -0.477 e. The number of aromatic carboxylic acids is 1. The summed E-state index contributed by atoms with van der Waals surface area (Å²) in [6.07, 6.45) is 0.894. The van der Waals surface area contributed by atoms with E-state index in [0.29, 0.717) is 5.69 Å². The molecule has 0 aliphatic carbocycles. The first-order chi connectivity index (χ1) is 8.38. The largest absolute Gasteiger partial charge is 0.477 e. The maximum atomic E-state index is 10.9. The van der Waals surface area contributed by atoms with Crippen molar-refractivity contribution in [3.8, 4) is 0 Å². The molecule has 0 fully saturated rings. The number of rotatable bonds is 5. The van der Waals surface area contributed by atoms with Gasteiger partial charge in [0, 0.05) is 24.8 Å². The number of hydrogen-bond donors (Lipinski definition) is 1. The topological polar surface area (TPSA) is 83.7 Å². The molecule has 1 N–H and O–H groups in total. The van der Waals surface area contributed by atoms with Crippen LogP contribution in [0, 0.1) is 10.1 Å². The fourth-order valence-electron chi connectivity index (χ4n) is 1.60. The number of nitrogens with zero attached hydrogens (tertiary/aromatic N) is 2. The van der Waals surface area contributed by atoms with E-state index in [0.717, 1.165) is 6.42 Å². The Balaban J connectivity index is 3.23. The number of anilines is 1. The fourth-order valence-corrected chi connectivity index (χ4v) is 1.60. The zero-order valence-electron chi connectivity index (χ0n) is 10.6. The Kier molecular flexibility index (Phi) is 4.25. The van der Waals surface area contributed by atoms with E-state index in [1.165, 1.54) is 12.1 Å². The SMILES string of the molecule is CCC(C)N(C)c1ccc(C(=O)O)c([N+](=O)[O-])c1. The van der Waals surface area contributed by atoms with Crippen LogP contribution in [0.4, 0.5) is 11.4 Å². The second-order valence-electron chi connectivity index (χ2n) is 4.13. The molecule has 18 heavy (non-hydrogen) atoms. The van der Waals surface area contributed by atoms with Gasteiger partial charge in [-0.1, -0.05) is 6.92 Å². The number of nitro groups is 1. The highest BCUT2D eigenvalue weighted by atomic mass is 16.6. The average Bonchev–Trinajstić information content (AvgIpc) is 2.35. The van der Waals surface area contributed by atoms with Gasteiger partial charge < -0.3 is 10.0 Å². The van der Waals surface area contributed by atoms with Crippen LogP contribution in [0.1, 0.15) is 30.6 Å². The molecule has 0 amide bonds. The molecule has 6 nitrogen and oxygen atoms in total. The molecular weight excluding hydrogens is 236 g/mol. The van der Waals surface area contributed by atoms with Gasteiger partial charge in [-0.25, -0.2) is 4.79 Å². The summed E-state index contributed by atoms with van der Waals surface area (Å²) >= 11 is 0. The zero-order valence-corrected chi connectivity index (χ0v) is 10.6. The normalized spacial score (nSPS) is 11.9. The van der Waals surface area contributed by atoms with Crippen molar-refractivity contribution in [2.75, 3.05) is 11.9 Å². The Bertz CT molecular complexity index is 473. The van der Waals surface area contributed by atoms with E-state index in [4.69, 9.17) is 5.11 Å². The van der Waals surface area contributed by atoms with Gasteiger partial charge in [0.05, 0.1) is 4.92 Å². The highest BCUT2D eigenvalue weighted by molar-refractivity contribution is 5.93. The maximum Gasteiger partial charge on any atom is 0.342 e. The molecule has 0 aliphatic rings. The van der Waals surface area contributed by atoms with E-state index in [9.17, 15) is 14.9 Å². The molecule has 98 valence electrons. The molecule has 0 saturated heterocycles. The number of nitro benzene ring substituents is 1. The van der Waals surface area contributed by atoms with Crippen molar-refractivity contribution in [2.24, 2.45) is 0 Å². The van der Waals surface area contributed by atoms with E-state index < -0.39 is 10.9 Å². The van der Waals surface area contributed by atoms with Crippen molar-refractivity contribution in [3.05, 3.63) is 33.9 Å². The van der Waals surface area contributed by atoms with Gasteiger partial charge in [0.1, 0.15) is 5.56 Å². The molecule has 1 unspecified atom stereocenters. The van der Waals surface area contributed by atoms with Gasteiger partial charge in [0.15, 0.2) is 0 Å². The lowest BCUT2D eigenvalue weighted by molar-refractivity contribution is -0.385. The third-order valence-corrected chi connectivity index (χ3v) is 3.07. The first-order valence-corrected chi connectivity index (χ1v) is 5.63. The Hall–Kier alpha value is -2.11. The quantitative estimate of drug-likeness (QED) is 0.643. The lowest BCUT2D eigenvalue weighted by atomic mass is 10.1. The summed E-state index contributed by atoms with van der Waals surface area (Å²) in [5.41, 5.74) is -0.0301. The molecule has 1 atom stereocenters. The van der Waals surface area contributed by atoms with E-state index in [1.54, 1.807) is 6.07 Å². The van der Waals surface area contributed by atoms with Crippen LogP contribution in [-0.4, -0.2) is 29.1 Å². The highest BCUT2D eigenvalue weighted by Gasteiger charge is 2.21. The second kappa shape index (κ2) is 5.48. The molecule has 1 aromatic rings. The van der Waals surface area contributed by atoms with Gasteiger partial charge >= 0.3 is 5.97 Å².